The highest BCUT2D eigenvalue weighted by molar-refractivity contribution is 9.10. The van der Waals surface area contributed by atoms with Crippen molar-refractivity contribution in [2.45, 2.75) is 0 Å². The first kappa shape index (κ1) is 17.2. The highest BCUT2D eigenvalue weighted by Crippen LogP contribution is 2.36. The summed E-state index contributed by atoms with van der Waals surface area (Å²) in [6, 6.07) is 22.6. The first-order valence-corrected chi connectivity index (χ1v) is 10.4. The third-order valence-electron chi connectivity index (χ3n) is 4.59. The zero-order valence-corrected chi connectivity index (χ0v) is 17.1. The van der Waals surface area contributed by atoms with E-state index in [0.29, 0.717) is 5.82 Å². The summed E-state index contributed by atoms with van der Waals surface area (Å²) in [7, 11) is 0. The van der Waals surface area contributed by atoms with Crippen LogP contribution in [0.3, 0.4) is 0 Å². The van der Waals surface area contributed by atoms with Crippen molar-refractivity contribution < 1.29 is 0 Å². The second-order valence-electron chi connectivity index (χ2n) is 6.44. The Morgan fingerprint density at radius 1 is 0.893 bits per heavy atom. The van der Waals surface area contributed by atoms with Crippen molar-refractivity contribution in [3.05, 3.63) is 76.6 Å². The normalized spacial score (nSPS) is 11.2. The molecule has 2 heterocycles. The lowest BCUT2D eigenvalue weighted by molar-refractivity contribution is 1.23. The van der Waals surface area contributed by atoms with E-state index in [1.54, 1.807) is 11.3 Å². The summed E-state index contributed by atoms with van der Waals surface area (Å²) in [6.07, 6.45) is 0. The molecule has 0 unspecified atom stereocenters. The van der Waals surface area contributed by atoms with Gasteiger partial charge in [0.15, 0.2) is 0 Å². The topological polar surface area (TPSA) is 63.8 Å². The van der Waals surface area contributed by atoms with Gasteiger partial charge in [-0.1, -0.05) is 46.3 Å². The number of fused-ring (bicyclic) bond motifs is 2. The van der Waals surface area contributed by atoms with Gasteiger partial charge < -0.3 is 11.1 Å². The number of halogens is 1. The SMILES string of the molecule is Nc1nc(Nc2cccc(Br)c2)c2cc(-c3csc4ccccc34)ccc2n1. The molecule has 0 saturated carbocycles. The number of rotatable bonds is 3. The molecule has 5 rings (SSSR count). The molecule has 0 amide bonds. The van der Waals surface area contributed by atoms with Crippen molar-refractivity contribution in [3.8, 4) is 11.1 Å². The molecule has 3 N–H and O–H groups in total. The standard InChI is InChI=1S/C22H15BrN4S/c23-14-4-3-5-15(11-14)25-21-17-10-13(8-9-19(17)26-22(24)27-21)18-12-28-20-7-2-1-6-16(18)20/h1-12H,(H3,24,25,26,27). The maximum atomic E-state index is 5.95. The van der Waals surface area contributed by atoms with Gasteiger partial charge in [-0.15, -0.1) is 11.3 Å². The molecule has 0 atom stereocenters. The molecule has 28 heavy (non-hydrogen) atoms. The summed E-state index contributed by atoms with van der Waals surface area (Å²) in [5, 5.41) is 7.77. The summed E-state index contributed by atoms with van der Waals surface area (Å²) in [5.74, 6) is 0.945. The van der Waals surface area contributed by atoms with E-state index >= 15 is 0 Å². The number of hydrogen-bond donors (Lipinski definition) is 2. The molecule has 4 nitrogen and oxygen atoms in total. The Bertz CT molecular complexity index is 1330. The molecule has 0 spiro atoms. The van der Waals surface area contributed by atoms with Gasteiger partial charge in [0.25, 0.3) is 0 Å². The monoisotopic (exact) mass is 446 g/mol. The Morgan fingerprint density at radius 3 is 2.68 bits per heavy atom. The number of aromatic nitrogens is 2. The van der Waals surface area contributed by atoms with Crippen molar-refractivity contribution in [1.82, 2.24) is 9.97 Å². The predicted octanol–water partition coefficient (Wildman–Crippen LogP) is 6.60. The number of nitrogens with one attached hydrogen (secondary N) is 1. The van der Waals surface area contributed by atoms with E-state index in [9.17, 15) is 0 Å². The van der Waals surface area contributed by atoms with Crippen LogP contribution in [-0.2, 0) is 0 Å². The smallest absolute Gasteiger partial charge is 0.222 e. The van der Waals surface area contributed by atoms with Crippen LogP contribution in [-0.4, -0.2) is 9.97 Å². The fourth-order valence-corrected chi connectivity index (χ4v) is 4.68. The van der Waals surface area contributed by atoms with E-state index in [-0.39, 0.29) is 5.95 Å². The minimum atomic E-state index is 0.249. The van der Waals surface area contributed by atoms with Crippen LogP contribution in [0.1, 0.15) is 0 Å². The number of nitrogens with zero attached hydrogens (tertiary/aromatic N) is 2. The molecule has 0 saturated heterocycles. The zero-order valence-electron chi connectivity index (χ0n) is 14.7. The molecule has 6 heteroatoms. The lowest BCUT2D eigenvalue weighted by Crippen LogP contribution is -2.01. The highest BCUT2D eigenvalue weighted by atomic mass is 79.9. The highest BCUT2D eigenvalue weighted by Gasteiger charge is 2.11. The third kappa shape index (κ3) is 3.10. The van der Waals surface area contributed by atoms with E-state index in [4.69, 9.17) is 5.73 Å². The Labute approximate surface area is 174 Å². The van der Waals surface area contributed by atoms with Gasteiger partial charge >= 0.3 is 0 Å². The number of thiophene rings is 1. The summed E-state index contributed by atoms with van der Waals surface area (Å²) in [6.45, 7) is 0. The van der Waals surface area contributed by atoms with Crippen LogP contribution in [0.15, 0.2) is 76.6 Å². The number of nitrogen functional groups attached to an aromatic ring is 1. The molecular weight excluding hydrogens is 432 g/mol. The second kappa shape index (κ2) is 6.89. The largest absolute Gasteiger partial charge is 0.368 e. The zero-order chi connectivity index (χ0) is 19.1. The summed E-state index contributed by atoms with van der Waals surface area (Å²) in [4.78, 5) is 8.85. The Hall–Kier alpha value is -2.96. The number of benzene rings is 3. The van der Waals surface area contributed by atoms with Gasteiger partial charge in [-0.3, -0.25) is 0 Å². The molecule has 0 fully saturated rings. The van der Waals surface area contributed by atoms with Gasteiger partial charge in [0.2, 0.25) is 5.95 Å². The number of nitrogens with two attached hydrogens (primary N) is 1. The summed E-state index contributed by atoms with van der Waals surface area (Å²) >= 11 is 5.26. The predicted molar refractivity (Wildman–Crippen MR) is 122 cm³/mol. The Morgan fingerprint density at radius 2 is 1.79 bits per heavy atom. The molecular formula is C22H15BrN4S. The fraction of sp³-hybridized carbons (Fsp3) is 0. The van der Waals surface area contributed by atoms with E-state index in [0.717, 1.165) is 26.6 Å². The molecule has 0 bridgehead atoms. The van der Waals surface area contributed by atoms with Crippen LogP contribution < -0.4 is 11.1 Å². The first-order chi connectivity index (χ1) is 13.7. The van der Waals surface area contributed by atoms with Crippen LogP contribution in [0.4, 0.5) is 17.5 Å². The molecule has 136 valence electrons. The lowest BCUT2D eigenvalue weighted by atomic mass is 10.0. The minimum Gasteiger partial charge on any atom is -0.368 e. The molecule has 5 aromatic rings. The summed E-state index contributed by atoms with van der Waals surface area (Å²) < 4.78 is 2.27. The lowest BCUT2D eigenvalue weighted by Gasteiger charge is -2.11. The third-order valence-corrected chi connectivity index (χ3v) is 6.05. The Balaban J connectivity index is 1.67. The minimum absolute atomic E-state index is 0.249. The van der Waals surface area contributed by atoms with Crippen LogP contribution >= 0.6 is 27.3 Å². The number of hydrogen-bond acceptors (Lipinski definition) is 5. The second-order valence-corrected chi connectivity index (χ2v) is 8.27. The van der Waals surface area contributed by atoms with Crippen LogP contribution in [0.2, 0.25) is 0 Å². The van der Waals surface area contributed by atoms with Gasteiger partial charge in [-0.05, 0) is 47.3 Å². The van der Waals surface area contributed by atoms with Crippen molar-refractivity contribution in [3.63, 3.8) is 0 Å². The molecule has 0 radical (unpaired) electrons. The van der Waals surface area contributed by atoms with Crippen molar-refractivity contribution in [2.75, 3.05) is 11.1 Å². The van der Waals surface area contributed by atoms with Crippen LogP contribution in [0, 0.1) is 0 Å². The molecule has 0 aliphatic rings. The van der Waals surface area contributed by atoms with E-state index < -0.39 is 0 Å². The molecule has 2 aromatic heterocycles. The molecule has 0 aliphatic carbocycles. The maximum Gasteiger partial charge on any atom is 0.222 e. The summed E-state index contributed by atoms with van der Waals surface area (Å²) in [5.41, 5.74) is 10.0. The quantitative estimate of drug-likeness (QED) is 0.327. The van der Waals surface area contributed by atoms with Crippen molar-refractivity contribution in [2.24, 2.45) is 0 Å². The van der Waals surface area contributed by atoms with E-state index in [1.807, 2.05) is 30.3 Å². The van der Waals surface area contributed by atoms with Crippen molar-refractivity contribution in [1.29, 1.82) is 0 Å². The molecule has 0 aliphatic heterocycles. The van der Waals surface area contributed by atoms with Crippen LogP contribution in [0.5, 0.6) is 0 Å². The van der Waals surface area contributed by atoms with Gasteiger partial charge in [-0.2, -0.15) is 4.98 Å². The number of anilines is 3. The van der Waals surface area contributed by atoms with E-state index in [2.05, 4.69) is 73.0 Å². The molecule has 3 aromatic carbocycles. The average molecular weight is 447 g/mol. The Kier molecular flexibility index (Phi) is 4.22. The fourth-order valence-electron chi connectivity index (χ4n) is 3.31. The van der Waals surface area contributed by atoms with Crippen molar-refractivity contribution >= 4 is 65.7 Å². The van der Waals surface area contributed by atoms with E-state index in [1.165, 1.54) is 15.6 Å². The maximum absolute atomic E-state index is 5.95. The average Bonchev–Trinajstić information content (AvgIpc) is 3.12. The van der Waals surface area contributed by atoms with Crippen LogP contribution in [0.25, 0.3) is 32.1 Å². The first-order valence-electron chi connectivity index (χ1n) is 8.74. The van der Waals surface area contributed by atoms with Gasteiger partial charge in [0.05, 0.1) is 5.52 Å². The van der Waals surface area contributed by atoms with Gasteiger partial charge in [-0.25, -0.2) is 4.98 Å². The van der Waals surface area contributed by atoms with Gasteiger partial charge in [0, 0.05) is 31.2 Å². The van der Waals surface area contributed by atoms with Gasteiger partial charge in [0.1, 0.15) is 5.82 Å².